The van der Waals surface area contributed by atoms with Crippen molar-refractivity contribution in [2.45, 2.75) is 0 Å². The number of aromatic nitrogens is 1. The summed E-state index contributed by atoms with van der Waals surface area (Å²) in [6, 6.07) is 5.82. The normalized spacial score (nSPS) is 10.1. The van der Waals surface area contributed by atoms with Gasteiger partial charge in [0.15, 0.2) is 23.5 Å². The van der Waals surface area contributed by atoms with E-state index in [1.807, 2.05) is 0 Å². The summed E-state index contributed by atoms with van der Waals surface area (Å²) in [7, 11) is 0. The smallest absolute Gasteiger partial charge is 0.363 e. The zero-order valence-electron chi connectivity index (χ0n) is 8.84. The van der Waals surface area contributed by atoms with E-state index in [4.69, 9.17) is 4.74 Å². The van der Waals surface area contributed by atoms with Gasteiger partial charge in [-0.25, -0.2) is 4.39 Å². The Kier molecular flexibility index (Phi) is 3.13. The van der Waals surface area contributed by atoms with Crippen LogP contribution in [0.5, 0.6) is 11.5 Å². The molecule has 0 saturated heterocycles. The van der Waals surface area contributed by atoms with Crippen LogP contribution in [0.15, 0.2) is 36.5 Å². The summed E-state index contributed by atoms with van der Waals surface area (Å²) in [5, 5.41) is 10.4. The maximum atomic E-state index is 13.3. The monoisotopic (exact) mass is 252 g/mol. The molecular formula is C11H6F2N2O3. The van der Waals surface area contributed by atoms with Crippen LogP contribution in [0.3, 0.4) is 0 Å². The van der Waals surface area contributed by atoms with Gasteiger partial charge in [0.25, 0.3) is 0 Å². The van der Waals surface area contributed by atoms with Crippen LogP contribution < -0.4 is 4.74 Å². The highest BCUT2D eigenvalue weighted by Gasteiger charge is 2.12. The molecule has 92 valence electrons. The Labute approximate surface area is 99.8 Å². The van der Waals surface area contributed by atoms with Crippen molar-refractivity contribution in [1.82, 2.24) is 4.98 Å². The Morgan fingerprint density at radius 1 is 1.22 bits per heavy atom. The number of hydrogen-bond acceptors (Lipinski definition) is 4. The van der Waals surface area contributed by atoms with Crippen molar-refractivity contribution in [3.63, 3.8) is 0 Å². The number of nitrogens with zero attached hydrogens (tertiary/aromatic N) is 2. The highest BCUT2D eigenvalue weighted by Crippen LogP contribution is 2.25. The zero-order chi connectivity index (χ0) is 13.1. The van der Waals surface area contributed by atoms with Gasteiger partial charge in [0.1, 0.15) is 0 Å². The third kappa shape index (κ3) is 2.40. The van der Waals surface area contributed by atoms with Gasteiger partial charge in [0, 0.05) is 6.07 Å². The number of halogens is 2. The highest BCUT2D eigenvalue weighted by atomic mass is 19.2. The SMILES string of the molecule is O=[N+]([O-])c1ccc(Oc2cccc(F)c2F)cn1. The maximum absolute atomic E-state index is 13.3. The van der Waals surface area contributed by atoms with Gasteiger partial charge in [-0.1, -0.05) is 6.07 Å². The average molecular weight is 252 g/mol. The average Bonchev–Trinajstić information content (AvgIpc) is 2.36. The van der Waals surface area contributed by atoms with Crippen LogP contribution in [0.4, 0.5) is 14.6 Å². The first kappa shape index (κ1) is 11.9. The Morgan fingerprint density at radius 2 is 2.00 bits per heavy atom. The molecule has 2 aromatic rings. The van der Waals surface area contributed by atoms with Gasteiger partial charge in [-0.3, -0.25) is 0 Å². The van der Waals surface area contributed by atoms with Crippen LogP contribution in [0.1, 0.15) is 0 Å². The number of hydrogen-bond donors (Lipinski definition) is 0. The largest absolute Gasteiger partial charge is 0.450 e. The molecule has 18 heavy (non-hydrogen) atoms. The quantitative estimate of drug-likeness (QED) is 0.622. The van der Waals surface area contributed by atoms with E-state index in [2.05, 4.69) is 4.98 Å². The van der Waals surface area contributed by atoms with Crippen LogP contribution in [0.25, 0.3) is 0 Å². The van der Waals surface area contributed by atoms with Crippen LogP contribution >= 0.6 is 0 Å². The van der Waals surface area contributed by atoms with Crippen molar-refractivity contribution in [2.75, 3.05) is 0 Å². The van der Waals surface area contributed by atoms with Crippen LogP contribution in [0, 0.1) is 21.7 Å². The molecule has 0 N–H and O–H groups in total. The predicted molar refractivity (Wildman–Crippen MR) is 57.3 cm³/mol. The number of ether oxygens (including phenoxy) is 1. The van der Waals surface area contributed by atoms with E-state index in [1.165, 1.54) is 18.2 Å². The van der Waals surface area contributed by atoms with Gasteiger partial charge in [-0.15, -0.1) is 0 Å². The molecule has 0 amide bonds. The lowest BCUT2D eigenvalue weighted by atomic mass is 10.3. The molecule has 2 rings (SSSR count). The van der Waals surface area contributed by atoms with Crippen LogP contribution in [-0.2, 0) is 0 Å². The molecule has 7 heteroatoms. The summed E-state index contributed by atoms with van der Waals surface area (Å²) in [6.45, 7) is 0. The Bertz CT molecular complexity index is 587. The number of benzene rings is 1. The number of pyridine rings is 1. The van der Waals surface area contributed by atoms with E-state index in [-0.39, 0.29) is 17.3 Å². The Hall–Kier alpha value is -2.57. The van der Waals surface area contributed by atoms with E-state index in [1.54, 1.807) is 0 Å². The van der Waals surface area contributed by atoms with Gasteiger partial charge in [-0.05, 0) is 28.1 Å². The first-order chi connectivity index (χ1) is 8.58. The first-order valence-corrected chi connectivity index (χ1v) is 4.80. The van der Waals surface area contributed by atoms with E-state index >= 15 is 0 Å². The van der Waals surface area contributed by atoms with Crippen molar-refractivity contribution < 1.29 is 18.4 Å². The second-order valence-corrected chi connectivity index (χ2v) is 3.26. The molecule has 0 radical (unpaired) electrons. The molecule has 0 unspecified atom stereocenters. The molecule has 0 atom stereocenters. The molecule has 0 bridgehead atoms. The van der Waals surface area contributed by atoms with Crippen LogP contribution in [0.2, 0.25) is 0 Å². The second-order valence-electron chi connectivity index (χ2n) is 3.26. The van der Waals surface area contributed by atoms with Crippen molar-refractivity contribution in [2.24, 2.45) is 0 Å². The molecule has 0 aliphatic carbocycles. The fourth-order valence-electron chi connectivity index (χ4n) is 1.23. The minimum Gasteiger partial charge on any atom is -0.450 e. The molecule has 0 aliphatic heterocycles. The van der Waals surface area contributed by atoms with E-state index in [0.29, 0.717) is 0 Å². The summed E-state index contributed by atoms with van der Waals surface area (Å²) in [5.74, 6) is -2.77. The van der Waals surface area contributed by atoms with Gasteiger partial charge < -0.3 is 14.9 Å². The molecule has 0 saturated carbocycles. The topological polar surface area (TPSA) is 65.3 Å². The fraction of sp³-hybridized carbons (Fsp3) is 0. The van der Waals surface area contributed by atoms with Crippen molar-refractivity contribution in [3.8, 4) is 11.5 Å². The fourth-order valence-corrected chi connectivity index (χ4v) is 1.23. The molecule has 0 spiro atoms. The summed E-state index contributed by atoms with van der Waals surface area (Å²) < 4.78 is 31.2. The lowest BCUT2D eigenvalue weighted by Crippen LogP contribution is -1.94. The molecule has 1 aromatic heterocycles. The van der Waals surface area contributed by atoms with Gasteiger partial charge >= 0.3 is 5.82 Å². The molecule has 5 nitrogen and oxygen atoms in total. The Balaban J connectivity index is 2.24. The van der Waals surface area contributed by atoms with Gasteiger partial charge in [-0.2, -0.15) is 4.39 Å². The minimum absolute atomic E-state index is 0.0742. The maximum Gasteiger partial charge on any atom is 0.363 e. The van der Waals surface area contributed by atoms with E-state index in [9.17, 15) is 18.9 Å². The Morgan fingerprint density at radius 3 is 2.61 bits per heavy atom. The summed E-state index contributed by atoms with van der Waals surface area (Å²) >= 11 is 0. The van der Waals surface area contributed by atoms with Gasteiger partial charge in [0.2, 0.25) is 5.82 Å². The predicted octanol–water partition coefficient (Wildman–Crippen LogP) is 3.06. The first-order valence-electron chi connectivity index (χ1n) is 4.80. The lowest BCUT2D eigenvalue weighted by molar-refractivity contribution is -0.389. The molecule has 1 heterocycles. The molecule has 0 fully saturated rings. The van der Waals surface area contributed by atoms with Crippen molar-refractivity contribution in [3.05, 3.63) is 58.3 Å². The van der Waals surface area contributed by atoms with Crippen molar-refractivity contribution in [1.29, 1.82) is 0 Å². The number of nitro groups is 1. The highest BCUT2D eigenvalue weighted by molar-refractivity contribution is 5.33. The zero-order valence-corrected chi connectivity index (χ0v) is 8.84. The molecule has 0 aliphatic rings. The van der Waals surface area contributed by atoms with Crippen LogP contribution in [-0.4, -0.2) is 9.91 Å². The van der Waals surface area contributed by atoms with Gasteiger partial charge in [0.05, 0.1) is 0 Å². The second kappa shape index (κ2) is 4.74. The summed E-state index contributed by atoms with van der Waals surface area (Å²) in [4.78, 5) is 13.2. The lowest BCUT2D eigenvalue weighted by Gasteiger charge is -2.05. The summed E-state index contributed by atoms with van der Waals surface area (Å²) in [5.41, 5.74) is 0. The number of rotatable bonds is 3. The third-order valence-electron chi connectivity index (χ3n) is 2.05. The van der Waals surface area contributed by atoms with E-state index in [0.717, 1.165) is 18.3 Å². The standard InChI is InChI=1S/C11H6F2N2O3/c12-8-2-1-3-9(11(8)13)18-7-4-5-10(14-6-7)15(16)17/h1-6H. The third-order valence-corrected chi connectivity index (χ3v) is 2.05. The minimum atomic E-state index is -1.13. The van der Waals surface area contributed by atoms with Crippen molar-refractivity contribution >= 4 is 5.82 Å². The molecular weight excluding hydrogens is 246 g/mol. The summed E-state index contributed by atoms with van der Waals surface area (Å²) in [6.07, 6.45) is 1.06. The van der Waals surface area contributed by atoms with E-state index < -0.39 is 16.6 Å². The molecule has 1 aromatic carbocycles.